The van der Waals surface area contributed by atoms with E-state index < -0.39 is 0 Å². The van der Waals surface area contributed by atoms with E-state index in [2.05, 4.69) is 47.3 Å². The molecule has 1 N–H and O–H groups in total. The molecule has 0 bridgehead atoms. The normalized spacial score (nSPS) is 11.2. The molecule has 0 saturated carbocycles. The summed E-state index contributed by atoms with van der Waals surface area (Å²) in [5.41, 5.74) is 2.82. The third-order valence-electron chi connectivity index (χ3n) is 3.24. The largest absolute Gasteiger partial charge is 0.337 e. The predicted octanol–water partition coefficient (Wildman–Crippen LogP) is 3.66. The minimum absolute atomic E-state index is 0.436. The van der Waals surface area contributed by atoms with E-state index in [4.69, 9.17) is 4.52 Å². The summed E-state index contributed by atoms with van der Waals surface area (Å²) in [4.78, 5) is 8.95. The number of anilines is 1. The minimum Gasteiger partial charge on any atom is -0.337 e. The van der Waals surface area contributed by atoms with Crippen LogP contribution in [0.25, 0.3) is 22.4 Å². The van der Waals surface area contributed by atoms with Crippen molar-refractivity contribution >= 4 is 16.9 Å². The maximum Gasteiger partial charge on any atom is 0.321 e. The quantitative estimate of drug-likeness (QED) is 0.791. The van der Waals surface area contributed by atoms with Crippen molar-refractivity contribution in [2.75, 3.05) is 11.9 Å². The number of benzene rings is 1. The molecule has 108 valence electrons. The molecule has 5 nitrogen and oxygen atoms in total. The third kappa shape index (κ3) is 2.86. The van der Waals surface area contributed by atoms with E-state index in [1.807, 2.05) is 24.3 Å². The van der Waals surface area contributed by atoms with Gasteiger partial charge in [0.05, 0.1) is 5.52 Å². The molecule has 0 aliphatic rings. The molecule has 1 aromatic carbocycles. The van der Waals surface area contributed by atoms with E-state index in [-0.39, 0.29) is 0 Å². The van der Waals surface area contributed by atoms with Crippen LogP contribution in [0.4, 0.5) is 6.01 Å². The van der Waals surface area contributed by atoms with Crippen LogP contribution in [0.2, 0.25) is 0 Å². The van der Waals surface area contributed by atoms with Crippen molar-refractivity contribution in [2.45, 2.75) is 20.8 Å². The summed E-state index contributed by atoms with van der Waals surface area (Å²) in [6.07, 6.45) is 0. The molecule has 21 heavy (non-hydrogen) atoms. The summed E-state index contributed by atoms with van der Waals surface area (Å²) in [5, 5.41) is 8.26. The van der Waals surface area contributed by atoms with Crippen molar-refractivity contribution in [1.82, 2.24) is 15.1 Å². The number of fused-ring (bicyclic) bond motifs is 1. The second-order valence-electron chi connectivity index (χ2n) is 5.54. The van der Waals surface area contributed by atoms with Gasteiger partial charge in [-0.1, -0.05) is 37.2 Å². The Balaban J connectivity index is 1.93. The molecule has 5 heteroatoms. The highest BCUT2D eigenvalue weighted by Gasteiger charge is 2.12. The Morgan fingerprint density at radius 3 is 2.81 bits per heavy atom. The zero-order valence-electron chi connectivity index (χ0n) is 12.4. The monoisotopic (exact) mass is 282 g/mol. The van der Waals surface area contributed by atoms with Gasteiger partial charge in [-0.2, -0.15) is 4.98 Å². The van der Waals surface area contributed by atoms with E-state index in [0.717, 1.165) is 28.7 Å². The van der Waals surface area contributed by atoms with Crippen LogP contribution in [0.5, 0.6) is 0 Å². The van der Waals surface area contributed by atoms with Crippen molar-refractivity contribution in [3.8, 4) is 11.5 Å². The fraction of sp³-hybridized carbons (Fsp3) is 0.312. The lowest BCUT2D eigenvalue weighted by Crippen LogP contribution is -2.07. The van der Waals surface area contributed by atoms with Crippen molar-refractivity contribution < 1.29 is 4.52 Å². The molecule has 0 atom stereocenters. The smallest absolute Gasteiger partial charge is 0.321 e. The summed E-state index contributed by atoms with van der Waals surface area (Å²) in [5.74, 6) is 1.02. The first-order valence-electron chi connectivity index (χ1n) is 7.08. The molecule has 3 rings (SSSR count). The Kier molecular flexibility index (Phi) is 3.56. The van der Waals surface area contributed by atoms with Crippen LogP contribution >= 0.6 is 0 Å². The molecule has 0 radical (unpaired) electrons. The van der Waals surface area contributed by atoms with Crippen LogP contribution in [0.1, 0.15) is 19.4 Å². The lowest BCUT2D eigenvalue weighted by atomic mass is 10.1. The van der Waals surface area contributed by atoms with Gasteiger partial charge in [0.25, 0.3) is 0 Å². The number of rotatable bonds is 4. The summed E-state index contributed by atoms with van der Waals surface area (Å²) >= 11 is 0. The maximum atomic E-state index is 5.21. The molecule has 0 spiro atoms. The highest BCUT2D eigenvalue weighted by atomic mass is 16.5. The van der Waals surface area contributed by atoms with Gasteiger partial charge in [0.15, 0.2) is 0 Å². The average Bonchev–Trinajstić information content (AvgIpc) is 2.94. The summed E-state index contributed by atoms with van der Waals surface area (Å²) in [6, 6.07) is 10.5. The van der Waals surface area contributed by atoms with Gasteiger partial charge in [-0.25, -0.2) is 4.98 Å². The van der Waals surface area contributed by atoms with Gasteiger partial charge in [0.2, 0.25) is 5.82 Å². The predicted molar refractivity (Wildman–Crippen MR) is 83.1 cm³/mol. The van der Waals surface area contributed by atoms with E-state index in [0.29, 0.717) is 17.8 Å². The molecule has 0 aliphatic heterocycles. The highest BCUT2D eigenvalue weighted by Crippen LogP contribution is 2.23. The topological polar surface area (TPSA) is 63.8 Å². The SMILES string of the molecule is Cc1cc(-c2noc(NCC(C)C)n2)nc2ccccc12. The van der Waals surface area contributed by atoms with Crippen LogP contribution < -0.4 is 5.32 Å². The van der Waals surface area contributed by atoms with Crippen molar-refractivity contribution in [2.24, 2.45) is 5.92 Å². The van der Waals surface area contributed by atoms with E-state index in [1.165, 1.54) is 0 Å². The van der Waals surface area contributed by atoms with Crippen LogP contribution in [-0.4, -0.2) is 21.7 Å². The summed E-state index contributed by atoms with van der Waals surface area (Å²) < 4.78 is 5.21. The van der Waals surface area contributed by atoms with Gasteiger partial charge >= 0.3 is 6.01 Å². The number of aryl methyl sites for hydroxylation is 1. The first kappa shape index (κ1) is 13.5. The number of nitrogens with zero attached hydrogens (tertiary/aromatic N) is 3. The fourth-order valence-corrected chi connectivity index (χ4v) is 2.15. The molecule has 2 heterocycles. The molecule has 0 saturated heterocycles. The number of para-hydroxylation sites is 1. The Morgan fingerprint density at radius 2 is 2.00 bits per heavy atom. The Morgan fingerprint density at radius 1 is 1.19 bits per heavy atom. The van der Waals surface area contributed by atoms with Crippen molar-refractivity contribution in [3.63, 3.8) is 0 Å². The minimum atomic E-state index is 0.436. The molecule has 0 amide bonds. The number of aromatic nitrogens is 3. The molecular formula is C16H18N4O. The number of hydrogen-bond acceptors (Lipinski definition) is 5. The van der Waals surface area contributed by atoms with Gasteiger partial charge in [-0.15, -0.1) is 0 Å². The molecule has 3 aromatic rings. The molecular weight excluding hydrogens is 264 g/mol. The second-order valence-corrected chi connectivity index (χ2v) is 5.54. The standard InChI is InChI=1S/C16H18N4O/c1-10(2)9-17-16-19-15(20-21-16)14-8-11(3)12-6-4-5-7-13(12)18-14/h4-8,10H,9H2,1-3H3,(H,17,19,20). The van der Waals surface area contributed by atoms with Gasteiger partial charge in [-0.05, 0) is 30.5 Å². The Hall–Kier alpha value is -2.43. The summed E-state index contributed by atoms with van der Waals surface area (Å²) in [7, 11) is 0. The second kappa shape index (κ2) is 5.52. The molecule has 0 aliphatic carbocycles. The summed E-state index contributed by atoms with van der Waals surface area (Å²) in [6.45, 7) is 7.11. The lowest BCUT2D eigenvalue weighted by molar-refractivity contribution is 0.429. The van der Waals surface area contributed by atoms with Crippen LogP contribution in [0.3, 0.4) is 0 Å². The first-order chi connectivity index (χ1) is 10.1. The Bertz CT molecular complexity index is 764. The van der Waals surface area contributed by atoms with Gasteiger partial charge in [0.1, 0.15) is 5.69 Å². The first-order valence-corrected chi connectivity index (χ1v) is 7.08. The zero-order chi connectivity index (χ0) is 14.8. The van der Waals surface area contributed by atoms with Gasteiger partial charge in [-0.3, -0.25) is 0 Å². The maximum absolute atomic E-state index is 5.21. The van der Waals surface area contributed by atoms with Gasteiger partial charge < -0.3 is 9.84 Å². The number of hydrogen-bond donors (Lipinski definition) is 1. The number of nitrogens with one attached hydrogen (secondary N) is 1. The van der Waals surface area contributed by atoms with E-state index in [9.17, 15) is 0 Å². The highest BCUT2D eigenvalue weighted by molar-refractivity contribution is 5.84. The molecule has 2 aromatic heterocycles. The number of pyridine rings is 1. The van der Waals surface area contributed by atoms with E-state index in [1.54, 1.807) is 0 Å². The van der Waals surface area contributed by atoms with Crippen molar-refractivity contribution in [1.29, 1.82) is 0 Å². The molecule has 0 fully saturated rings. The fourth-order valence-electron chi connectivity index (χ4n) is 2.15. The average molecular weight is 282 g/mol. The Labute approximate surface area is 123 Å². The van der Waals surface area contributed by atoms with Crippen molar-refractivity contribution in [3.05, 3.63) is 35.9 Å². The van der Waals surface area contributed by atoms with Crippen LogP contribution in [0, 0.1) is 12.8 Å². The molecule has 0 unspecified atom stereocenters. The van der Waals surface area contributed by atoms with Crippen LogP contribution in [-0.2, 0) is 0 Å². The third-order valence-corrected chi connectivity index (χ3v) is 3.24. The van der Waals surface area contributed by atoms with Crippen LogP contribution in [0.15, 0.2) is 34.9 Å². The zero-order valence-corrected chi connectivity index (χ0v) is 12.4. The van der Waals surface area contributed by atoms with E-state index >= 15 is 0 Å². The van der Waals surface area contributed by atoms with Gasteiger partial charge in [0, 0.05) is 11.9 Å². The lowest BCUT2D eigenvalue weighted by Gasteiger charge is -2.03.